The van der Waals surface area contributed by atoms with Crippen molar-refractivity contribution in [2.45, 2.75) is 24.5 Å². The first-order chi connectivity index (χ1) is 14.5. The Kier molecular flexibility index (Phi) is 6.71. The lowest BCUT2D eigenvalue weighted by molar-refractivity contribution is 0.224. The third kappa shape index (κ3) is 5.39. The molecule has 1 saturated heterocycles. The quantitative estimate of drug-likeness (QED) is 0.406. The first kappa shape index (κ1) is 21.3. The van der Waals surface area contributed by atoms with Gasteiger partial charge in [-0.2, -0.15) is 20.2 Å². The van der Waals surface area contributed by atoms with E-state index < -0.39 is 10.1 Å². The van der Waals surface area contributed by atoms with Crippen molar-refractivity contribution in [2.24, 2.45) is 0 Å². The number of H-pyrrole nitrogens is 1. The second kappa shape index (κ2) is 9.45. The molecule has 0 atom stereocenters. The molecule has 5 nitrogen and oxygen atoms in total. The monoisotopic (exact) mass is 444 g/mol. The number of thioether (sulfide) groups is 1. The van der Waals surface area contributed by atoms with Crippen molar-refractivity contribution in [3.05, 3.63) is 65.9 Å². The zero-order valence-corrected chi connectivity index (χ0v) is 18.8. The number of hydrogen-bond acceptors (Lipinski definition) is 5. The molecule has 160 valence electrons. The minimum absolute atomic E-state index is 0.398. The lowest BCUT2D eigenvalue weighted by Gasteiger charge is -2.32. The summed E-state index contributed by atoms with van der Waals surface area (Å²) in [5, 5.41) is 0.860. The van der Waals surface area contributed by atoms with E-state index >= 15 is 0 Å². The van der Waals surface area contributed by atoms with Gasteiger partial charge in [-0.1, -0.05) is 36.4 Å². The van der Waals surface area contributed by atoms with Crippen LogP contribution in [0.5, 0.6) is 5.75 Å². The zero-order chi connectivity index (χ0) is 21.0. The van der Waals surface area contributed by atoms with Crippen LogP contribution in [0, 0.1) is 0 Å². The first-order valence-electron chi connectivity index (χ1n) is 10.3. The number of nitrogens with one attached hydrogen (secondary N) is 1. The summed E-state index contributed by atoms with van der Waals surface area (Å²) in [6.45, 7) is 3.39. The van der Waals surface area contributed by atoms with Gasteiger partial charge in [0.05, 0.1) is 6.26 Å². The number of hydrogen-bond donors (Lipinski definition) is 1. The normalized spacial score (nSPS) is 16.2. The lowest BCUT2D eigenvalue weighted by Crippen LogP contribution is -2.34. The van der Waals surface area contributed by atoms with Crippen LogP contribution in [-0.2, 0) is 15.9 Å². The van der Waals surface area contributed by atoms with E-state index in [1.54, 1.807) is 12.1 Å². The van der Waals surface area contributed by atoms with Gasteiger partial charge in [-0.25, -0.2) is 0 Å². The van der Waals surface area contributed by atoms with E-state index in [0.29, 0.717) is 11.7 Å². The molecule has 1 N–H and O–H groups in total. The van der Waals surface area contributed by atoms with Gasteiger partial charge < -0.3 is 14.1 Å². The van der Waals surface area contributed by atoms with Crippen LogP contribution in [0.2, 0.25) is 0 Å². The van der Waals surface area contributed by atoms with Gasteiger partial charge in [0.1, 0.15) is 0 Å². The van der Waals surface area contributed by atoms with Crippen LogP contribution in [0.15, 0.2) is 54.7 Å². The van der Waals surface area contributed by atoms with Crippen LogP contribution in [0.25, 0.3) is 10.9 Å². The summed E-state index contributed by atoms with van der Waals surface area (Å²) in [6.07, 6.45) is 5.48. The van der Waals surface area contributed by atoms with Crippen molar-refractivity contribution in [3.63, 3.8) is 0 Å². The van der Waals surface area contributed by atoms with Gasteiger partial charge in [0.2, 0.25) is 0 Å². The molecule has 0 amide bonds. The molecule has 1 fully saturated rings. The van der Waals surface area contributed by atoms with E-state index in [2.05, 4.69) is 40.2 Å². The smallest absolute Gasteiger partial charge is 0.306 e. The molecule has 0 aliphatic carbocycles. The third-order valence-corrected chi connectivity index (χ3v) is 7.13. The molecule has 2 heterocycles. The number of likely N-dealkylation sites (tertiary alicyclic amines) is 1. The van der Waals surface area contributed by atoms with Crippen LogP contribution >= 0.6 is 11.8 Å². The summed E-state index contributed by atoms with van der Waals surface area (Å²) in [5.41, 5.74) is 3.45. The summed E-state index contributed by atoms with van der Waals surface area (Å²) in [5.74, 6) is 2.96. The average Bonchev–Trinajstić information content (AvgIpc) is 3.15. The van der Waals surface area contributed by atoms with Crippen LogP contribution in [0.3, 0.4) is 0 Å². The minimum Gasteiger partial charge on any atom is -0.382 e. The second-order valence-electron chi connectivity index (χ2n) is 7.86. The Balaban J connectivity index is 1.28. The summed E-state index contributed by atoms with van der Waals surface area (Å²) in [6, 6.07) is 16.3. The first-order valence-corrected chi connectivity index (χ1v) is 13.3. The van der Waals surface area contributed by atoms with Gasteiger partial charge >= 0.3 is 10.1 Å². The van der Waals surface area contributed by atoms with E-state index in [9.17, 15) is 8.42 Å². The molecule has 3 aromatic rings. The zero-order valence-electron chi connectivity index (χ0n) is 17.2. The van der Waals surface area contributed by atoms with Gasteiger partial charge in [-0.15, -0.1) is 0 Å². The predicted molar refractivity (Wildman–Crippen MR) is 125 cm³/mol. The Labute approximate surface area is 182 Å². The Bertz CT molecular complexity index is 1070. The van der Waals surface area contributed by atoms with Crippen molar-refractivity contribution in [2.75, 3.05) is 31.6 Å². The third-order valence-electron chi connectivity index (χ3n) is 5.66. The fraction of sp³-hybridized carbons (Fsp3) is 0.391. The highest BCUT2D eigenvalue weighted by Crippen LogP contribution is 2.32. The van der Waals surface area contributed by atoms with Gasteiger partial charge in [-0.3, -0.25) is 0 Å². The van der Waals surface area contributed by atoms with Crippen LogP contribution in [0.4, 0.5) is 0 Å². The van der Waals surface area contributed by atoms with Crippen LogP contribution in [-0.4, -0.2) is 49.9 Å². The number of rotatable bonds is 8. The molecule has 0 saturated carbocycles. The standard InChI is InChI=1S/C23H28N2O3S2/c1-30(26,27)28-22-9-5-8-21-23(22)20(16-24-21)17-29-15-14-25-12-10-19(11-13-25)18-6-3-2-4-7-18/h2-9,16,19,24H,10-15,17H2,1H3. The molecule has 7 heteroatoms. The molecule has 0 bridgehead atoms. The van der Waals surface area contributed by atoms with E-state index in [1.807, 2.05) is 24.0 Å². The topological polar surface area (TPSA) is 62.4 Å². The molecule has 1 aliphatic heterocycles. The van der Waals surface area contributed by atoms with Gasteiger partial charge in [0, 0.05) is 35.2 Å². The maximum atomic E-state index is 11.6. The molecule has 2 aromatic carbocycles. The maximum absolute atomic E-state index is 11.6. The maximum Gasteiger partial charge on any atom is 0.306 e. The molecule has 4 rings (SSSR count). The van der Waals surface area contributed by atoms with E-state index in [4.69, 9.17) is 4.18 Å². The van der Waals surface area contributed by atoms with Crippen molar-refractivity contribution >= 4 is 32.8 Å². The van der Waals surface area contributed by atoms with Crippen molar-refractivity contribution < 1.29 is 12.6 Å². The highest BCUT2D eigenvalue weighted by molar-refractivity contribution is 7.98. The molecular weight excluding hydrogens is 416 g/mol. The number of aromatic amines is 1. The summed E-state index contributed by atoms with van der Waals surface area (Å²) in [7, 11) is -3.56. The number of benzene rings is 2. The van der Waals surface area contributed by atoms with Crippen LogP contribution < -0.4 is 4.18 Å². The SMILES string of the molecule is CS(=O)(=O)Oc1cccc2[nH]cc(CSCCN3CCC(c4ccccc4)CC3)c12. The fourth-order valence-corrected chi connectivity index (χ4v) is 5.60. The fourth-order valence-electron chi connectivity index (χ4n) is 4.16. The van der Waals surface area contributed by atoms with Crippen molar-refractivity contribution in [1.29, 1.82) is 0 Å². The highest BCUT2D eigenvalue weighted by atomic mass is 32.2. The largest absolute Gasteiger partial charge is 0.382 e. The molecule has 0 spiro atoms. The molecule has 30 heavy (non-hydrogen) atoms. The molecule has 1 aliphatic rings. The van der Waals surface area contributed by atoms with Gasteiger partial charge in [0.15, 0.2) is 5.75 Å². The van der Waals surface area contributed by atoms with Gasteiger partial charge in [-0.05, 0) is 55.1 Å². The highest BCUT2D eigenvalue weighted by Gasteiger charge is 2.20. The summed E-state index contributed by atoms with van der Waals surface area (Å²) >= 11 is 1.88. The van der Waals surface area contributed by atoms with Crippen molar-refractivity contribution in [3.8, 4) is 5.75 Å². The summed E-state index contributed by atoms with van der Waals surface area (Å²) in [4.78, 5) is 5.78. The number of fused-ring (bicyclic) bond motifs is 1. The average molecular weight is 445 g/mol. The Morgan fingerprint density at radius 2 is 1.87 bits per heavy atom. The lowest BCUT2D eigenvalue weighted by atomic mass is 9.89. The van der Waals surface area contributed by atoms with E-state index in [-0.39, 0.29) is 0 Å². The molecule has 0 unspecified atom stereocenters. The van der Waals surface area contributed by atoms with E-state index in [0.717, 1.165) is 53.9 Å². The van der Waals surface area contributed by atoms with Crippen molar-refractivity contribution in [1.82, 2.24) is 9.88 Å². The number of aromatic nitrogens is 1. The molecule has 0 radical (unpaired) electrons. The Morgan fingerprint density at radius 3 is 2.60 bits per heavy atom. The number of piperidine rings is 1. The second-order valence-corrected chi connectivity index (χ2v) is 10.5. The Hall–Kier alpha value is -1.96. The predicted octanol–water partition coefficient (Wildman–Crippen LogP) is 4.62. The summed E-state index contributed by atoms with van der Waals surface area (Å²) < 4.78 is 28.4. The van der Waals surface area contributed by atoms with E-state index in [1.165, 1.54) is 18.4 Å². The van der Waals surface area contributed by atoms with Crippen LogP contribution in [0.1, 0.15) is 29.9 Å². The Morgan fingerprint density at radius 1 is 1.10 bits per heavy atom. The van der Waals surface area contributed by atoms with Gasteiger partial charge in [0.25, 0.3) is 0 Å². The number of nitrogens with zero attached hydrogens (tertiary/aromatic N) is 1. The molecule has 1 aromatic heterocycles. The minimum atomic E-state index is -3.56. The molecular formula is C23H28N2O3S2.